The van der Waals surface area contributed by atoms with Crippen LogP contribution in [0.5, 0.6) is 17.4 Å². The number of unbranched alkanes of at least 4 members (excludes halogenated alkanes) is 3. The van der Waals surface area contributed by atoms with Crippen molar-refractivity contribution in [2.75, 3.05) is 13.7 Å². The Labute approximate surface area is 232 Å². The number of halogens is 2. The van der Waals surface area contributed by atoms with Gasteiger partial charge in [-0.2, -0.15) is 5.26 Å². The number of nitrogens with zero attached hydrogens (tertiary/aromatic N) is 2. The van der Waals surface area contributed by atoms with E-state index < -0.39 is 17.2 Å². The minimum atomic E-state index is -0.671. The molecule has 3 rings (SSSR count). The molecule has 7 nitrogen and oxygen atoms in total. The van der Waals surface area contributed by atoms with Gasteiger partial charge in [-0.1, -0.05) is 61.5 Å². The SMILES string of the molecule is CCCCCCOc1c(Cl)cc(C(=O)c2c(C)c(C#N)c(=O)n(CCc3ccc(OC)cc3)c2O)cc1Cl. The van der Waals surface area contributed by atoms with Crippen molar-refractivity contribution < 1.29 is 19.4 Å². The van der Waals surface area contributed by atoms with Crippen LogP contribution >= 0.6 is 23.2 Å². The predicted octanol–water partition coefficient (Wildman–Crippen LogP) is 6.48. The average molecular weight is 557 g/mol. The van der Waals surface area contributed by atoms with E-state index in [2.05, 4.69) is 6.92 Å². The number of ketones is 1. The molecule has 2 aromatic carbocycles. The molecule has 1 N–H and O–H groups in total. The number of aromatic nitrogens is 1. The number of aryl methyl sites for hydroxylation is 1. The summed E-state index contributed by atoms with van der Waals surface area (Å²) in [4.78, 5) is 26.5. The fourth-order valence-electron chi connectivity index (χ4n) is 4.14. The average Bonchev–Trinajstić information content (AvgIpc) is 2.90. The van der Waals surface area contributed by atoms with E-state index in [1.807, 2.05) is 18.2 Å². The summed E-state index contributed by atoms with van der Waals surface area (Å²) in [7, 11) is 1.57. The second-order valence-electron chi connectivity index (χ2n) is 8.87. The van der Waals surface area contributed by atoms with Crippen LogP contribution in [0.25, 0.3) is 0 Å². The van der Waals surface area contributed by atoms with Crippen molar-refractivity contribution in [2.45, 2.75) is 52.5 Å². The molecule has 0 radical (unpaired) electrons. The molecule has 0 unspecified atom stereocenters. The van der Waals surface area contributed by atoms with Crippen molar-refractivity contribution in [3.05, 3.63) is 84.6 Å². The topological polar surface area (TPSA) is 102 Å². The molecule has 200 valence electrons. The fraction of sp³-hybridized carbons (Fsp3) is 0.345. The third kappa shape index (κ3) is 6.50. The van der Waals surface area contributed by atoms with Gasteiger partial charge in [0.25, 0.3) is 5.56 Å². The number of aromatic hydroxyl groups is 1. The van der Waals surface area contributed by atoms with E-state index in [1.165, 1.54) is 19.1 Å². The maximum absolute atomic E-state index is 13.6. The Balaban J connectivity index is 1.94. The van der Waals surface area contributed by atoms with Crippen molar-refractivity contribution in [1.29, 1.82) is 5.26 Å². The summed E-state index contributed by atoms with van der Waals surface area (Å²) in [6, 6.07) is 11.9. The van der Waals surface area contributed by atoms with Crippen LogP contribution in [0.1, 0.15) is 65.2 Å². The Bertz CT molecular complexity index is 1390. The number of carbonyl (C=O) groups is 1. The van der Waals surface area contributed by atoms with E-state index in [9.17, 15) is 20.0 Å². The highest BCUT2D eigenvalue weighted by molar-refractivity contribution is 6.38. The van der Waals surface area contributed by atoms with E-state index in [-0.39, 0.29) is 44.6 Å². The molecule has 0 amide bonds. The Hall–Kier alpha value is -3.47. The number of rotatable bonds is 12. The highest BCUT2D eigenvalue weighted by Crippen LogP contribution is 2.36. The third-order valence-electron chi connectivity index (χ3n) is 6.32. The van der Waals surface area contributed by atoms with Gasteiger partial charge in [0.05, 0.1) is 29.3 Å². The molecule has 0 saturated carbocycles. The summed E-state index contributed by atoms with van der Waals surface area (Å²) >= 11 is 12.8. The maximum Gasteiger partial charge on any atom is 0.271 e. The summed E-state index contributed by atoms with van der Waals surface area (Å²) in [5, 5.41) is 21.0. The predicted molar refractivity (Wildman–Crippen MR) is 148 cm³/mol. The number of methoxy groups -OCH3 is 1. The van der Waals surface area contributed by atoms with Gasteiger partial charge < -0.3 is 14.6 Å². The fourth-order valence-corrected chi connectivity index (χ4v) is 4.74. The van der Waals surface area contributed by atoms with Gasteiger partial charge in [0, 0.05) is 12.1 Å². The van der Waals surface area contributed by atoms with E-state index in [0.29, 0.717) is 18.8 Å². The van der Waals surface area contributed by atoms with E-state index in [4.69, 9.17) is 32.7 Å². The van der Waals surface area contributed by atoms with Crippen molar-refractivity contribution >= 4 is 29.0 Å². The van der Waals surface area contributed by atoms with Gasteiger partial charge in [-0.05, 0) is 55.2 Å². The van der Waals surface area contributed by atoms with Crippen molar-refractivity contribution in [3.63, 3.8) is 0 Å². The molecular formula is C29H30Cl2N2O5. The van der Waals surface area contributed by atoms with Crippen molar-refractivity contribution in [3.8, 4) is 23.4 Å². The van der Waals surface area contributed by atoms with Gasteiger partial charge in [0.1, 0.15) is 17.4 Å². The largest absolute Gasteiger partial charge is 0.497 e. The molecule has 0 saturated heterocycles. The molecule has 1 heterocycles. The minimum Gasteiger partial charge on any atom is -0.497 e. The first-order valence-electron chi connectivity index (χ1n) is 12.4. The van der Waals surface area contributed by atoms with Crippen LogP contribution in [0.2, 0.25) is 10.0 Å². The van der Waals surface area contributed by atoms with Gasteiger partial charge in [-0.25, -0.2) is 0 Å². The highest BCUT2D eigenvalue weighted by Gasteiger charge is 2.26. The summed E-state index contributed by atoms with van der Waals surface area (Å²) in [6.45, 7) is 4.07. The maximum atomic E-state index is 13.6. The molecule has 38 heavy (non-hydrogen) atoms. The smallest absolute Gasteiger partial charge is 0.271 e. The molecule has 0 aliphatic rings. The monoisotopic (exact) mass is 556 g/mol. The first-order chi connectivity index (χ1) is 18.2. The zero-order valence-electron chi connectivity index (χ0n) is 21.6. The standard InChI is InChI=1S/C29H30Cl2N2O5/c1-4-5-6-7-14-38-27-23(30)15-20(16-24(27)31)26(34)25-18(2)22(17-32)28(35)33(29(25)36)13-12-19-8-10-21(37-3)11-9-19/h8-11,15-16,36H,4-7,12-14H2,1-3H3. The molecule has 0 aliphatic carbocycles. The second kappa shape index (κ2) is 13.4. The summed E-state index contributed by atoms with van der Waals surface area (Å²) in [6.07, 6.45) is 4.46. The molecule has 9 heteroatoms. The Kier molecular flexibility index (Phi) is 10.2. The van der Waals surface area contributed by atoms with Gasteiger partial charge in [0.2, 0.25) is 5.88 Å². The van der Waals surface area contributed by atoms with Crippen molar-refractivity contribution in [1.82, 2.24) is 4.57 Å². The van der Waals surface area contributed by atoms with Crippen LogP contribution in [0.4, 0.5) is 0 Å². The van der Waals surface area contributed by atoms with Crippen LogP contribution in [0.15, 0.2) is 41.2 Å². The van der Waals surface area contributed by atoms with Crippen LogP contribution < -0.4 is 15.0 Å². The number of ether oxygens (including phenoxy) is 2. The summed E-state index contributed by atoms with van der Waals surface area (Å²) in [5.41, 5.74) is 0.0230. The van der Waals surface area contributed by atoms with Crippen LogP contribution in [0, 0.1) is 18.3 Å². The Morgan fingerprint density at radius 3 is 2.34 bits per heavy atom. The lowest BCUT2D eigenvalue weighted by molar-refractivity contribution is 0.103. The molecular weight excluding hydrogens is 527 g/mol. The minimum absolute atomic E-state index is 0.0541. The molecule has 0 atom stereocenters. The zero-order chi connectivity index (χ0) is 27.8. The lowest BCUT2D eigenvalue weighted by Crippen LogP contribution is -2.27. The summed E-state index contributed by atoms with van der Waals surface area (Å²) in [5.74, 6) is -0.167. The Morgan fingerprint density at radius 1 is 1.11 bits per heavy atom. The quantitative estimate of drug-likeness (QED) is 0.202. The molecule has 0 fully saturated rings. The second-order valence-corrected chi connectivity index (χ2v) is 9.69. The van der Waals surface area contributed by atoms with Gasteiger partial charge in [0.15, 0.2) is 11.5 Å². The normalized spacial score (nSPS) is 10.7. The van der Waals surface area contributed by atoms with Crippen LogP contribution in [-0.4, -0.2) is 29.2 Å². The van der Waals surface area contributed by atoms with Crippen LogP contribution in [-0.2, 0) is 13.0 Å². The molecule has 0 spiro atoms. The van der Waals surface area contributed by atoms with Crippen molar-refractivity contribution in [2.24, 2.45) is 0 Å². The third-order valence-corrected chi connectivity index (χ3v) is 6.88. The molecule has 0 aliphatic heterocycles. The first-order valence-corrected chi connectivity index (χ1v) is 13.1. The number of carbonyl (C=O) groups excluding carboxylic acids is 1. The first kappa shape index (κ1) is 29.1. The lowest BCUT2D eigenvalue weighted by Gasteiger charge is -2.16. The zero-order valence-corrected chi connectivity index (χ0v) is 23.2. The van der Waals surface area contributed by atoms with Gasteiger partial charge in [-0.3, -0.25) is 14.2 Å². The van der Waals surface area contributed by atoms with Gasteiger partial charge >= 0.3 is 0 Å². The highest BCUT2D eigenvalue weighted by atomic mass is 35.5. The van der Waals surface area contributed by atoms with E-state index in [1.54, 1.807) is 19.2 Å². The number of benzene rings is 2. The number of hydrogen-bond acceptors (Lipinski definition) is 6. The molecule has 1 aromatic heterocycles. The van der Waals surface area contributed by atoms with E-state index in [0.717, 1.165) is 35.8 Å². The Morgan fingerprint density at radius 2 is 1.76 bits per heavy atom. The van der Waals surface area contributed by atoms with E-state index >= 15 is 0 Å². The molecule has 3 aromatic rings. The number of hydrogen-bond donors (Lipinski definition) is 1. The summed E-state index contributed by atoms with van der Waals surface area (Å²) < 4.78 is 11.9. The van der Waals surface area contributed by atoms with Gasteiger partial charge in [-0.15, -0.1) is 0 Å². The number of nitriles is 1. The number of pyridine rings is 1. The van der Waals surface area contributed by atoms with Crippen LogP contribution in [0.3, 0.4) is 0 Å². The lowest BCUT2D eigenvalue weighted by atomic mass is 9.97. The molecule has 0 bridgehead atoms.